The van der Waals surface area contributed by atoms with E-state index in [1.165, 1.54) is 0 Å². The Morgan fingerprint density at radius 1 is 1.43 bits per heavy atom. The van der Waals surface area contributed by atoms with Crippen molar-refractivity contribution >= 4 is 5.91 Å². The number of hydrogen-bond acceptors (Lipinski definition) is 4. The van der Waals surface area contributed by atoms with E-state index in [9.17, 15) is 13.6 Å². The lowest BCUT2D eigenvalue weighted by atomic mass is 9.87. The summed E-state index contributed by atoms with van der Waals surface area (Å²) in [5.74, 6) is -2.35. The summed E-state index contributed by atoms with van der Waals surface area (Å²) in [5.41, 5.74) is -0.614. The van der Waals surface area contributed by atoms with E-state index in [1.807, 2.05) is 27.7 Å². The van der Waals surface area contributed by atoms with Crippen molar-refractivity contribution in [3.05, 3.63) is 23.8 Å². The normalized spacial score (nSPS) is 24.0. The topological polar surface area (TPSA) is 64.1 Å². The average Bonchev–Trinajstić information content (AvgIpc) is 2.72. The van der Waals surface area contributed by atoms with E-state index >= 15 is 0 Å². The third-order valence-electron chi connectivity index (χ3n) is 3.40. The van der Waals surface area contributed by atoms with Gasteiger partial charge in [-0.15, -0.1) is 0 Å². The second-order valence-electron chi connectivity index (χ2n) is 6.19. The highest BCUT2D eigenvalue weighted by Crippen LogP contribution is 2.34. The fraction of sp³-hybridized carbons (Fsp3) is 0.643. The molecule has 1 amide bonds. The quantitative estimate of drug-likeness (QED) is 0.864. The number of halogens is 2. The van der Waals surface area contributed by atoms with E-state index in [-0.39, 0.29) is 23.6 Å². The van der Waals surface area contributed by atoms with Crippen LogP contribution in [0, 0.1) is 17.8 Å². The number of aromatic nitrogens is 2. The lowest BCUT2D eigenvalue weighted by molar-refractivity contribution is -0.122. The summed E-state index contributed by atoms with van der Waals surface area (Å²) in [7, 11) is 0. The monoisotopic (exact) mass is 299 g/mol. The Kier molecular flexibility index (Phi) is 4.22. The van der Waals surface area contributed by atoms with Gasteiger partial charge in [-0.3, -0.25) is 4.79 Å². The van der Waals surface area contributed by atoms with Gasteiger partial charge in [-0.2, -0.15) is 4.39 Å². The van der Waals surface area contributed by atoms with Gasteiger partial charge in [0.25, 0.3) is 0 Å². The van der Waals surface area contributed by atoms with Crippen molar-refractivity contribution in [3.8, 4) is 0 Å². The van der Waals surface area contributed by atoms with Gasteiger partial charge in [0, 0.05) is 12.5 Å². The standard InChI is InChI=1S/C14H19F2N3O2/c1-7(21-14(2,3)4)8-5-17-12(20)10(8)11-9(15)6-18-13(16)19-11/h6-8,10H,5H2,1-4H3,(H,17,20)/t7-,8?,10+/m0/s1. The molecule has 5 nitrogen and oxygen atoms in total. The minimum absolute atomic E-state index is 0.216. The third-order valence-corrected chi connectivity index (χ3v) is 3.40. The van der Waals surface area contributed by atoms with Crippen LogP contribution in [0.2, 0.25) is 0 Å². The number of amides is 1. The van der Waals surface area contributed by atoms with Crippen molar-refractivity contribution in [2.45, 2.75) is 45.3 Å². The maximum atomic E-state index is 13.9. The summed E-state index contributed by atoms with van der Waals surface area (Å²) in [4.78, 5) is 18.6. The molecule has 0 aromatic carbocycles. The van der Waals surface area contributed by atoms with Gasteiger partial charge < -0.3 is 10.1 Å². The lowest BCUT2D eigenvalue weighted by Gasteiger charge is -2.30. The molecule has 1 unspecified atom stereocenters. The van der Waals surface area contributed by atoms with Crippen molar-refractivity contribution in [1.82, 2.24) is 15.3 Å². The average molecular weight is 299 g/mol. The minimum Gasteiger partial charge on any atom is -0.373 e. The van der Waals surface area contributed by atoms with E-state index in [0.717, 1.165) is 6.20 Å². The molecule has 21 heavy (non-hydrogen) atoms. The molecule has 0 saturated carbocycles. The van der Waals surface area contributed by atoms with Gasteiger partial charge in [-0.05, 0) is 27.7 Å². The highest BCUT2D eigenvalue weighted by atomic mass is 19.1. The third kappa shape index (κ3) is 3.53. The zero-order valence-electron chi connectivity index (χ0n) is 12.5. The molecular formula is C14H19F2N3O2. The Morgan fingerprint density at radius 2 is 2.10 bits per heavy atom. The first-order valence-electron chi connectivity index (χ1n) is 6.82. The molecule has 1 N–H and O–H groups in total. The van der Waals surface area contributed by atoms with Gasteiger partial charge in [-0.25, -0.2) is 14.4 Å². The van der Waals surface area contributed by atoms with Crippen LogP contribution in [0.1, 0.15) is 39.3 Å². The maximum Gasteiger partial charge on any atom is 0.309 e. The molecular weight excluding hydrogens is 280 g/mol. The summed E-state index contributed by atoms with van der Waals surface area (Å²) >= 11 is 0. The van der Waals surface area contributed by atoms with Gasteiger partial charge in [0.15, 0.2) is 5.82 Å². The van der Waals surface area contributed by atoms with Crippen LogP contribution in [-0.2, 0) is 9.53 Å². The van der Waals surface area contributed by atoms with Gasteiger partial charge in [-0.1, -0.05) is 0 Å². The summed E-state index contributed by atoms with van der Waals surface area (Å²) in [6, 6.07) is 0. The molecule has 0 aliphatic carbocycles. The van der Waals surface area contributed by atoms with E-state index in [4.69, 9.17) is 4.74 Å². The highest BCUT2D eigenvalue weighted by molar-refractivity contribution is 5.85. The zero-order chi connectivity index (χ0) is 15.8. The highest BCUT2D eigenvalue weighted by Gasteiger charge is 2.43. The zero-order valence-corrected chi connectivity index (χ0v) is 12.5. The molecule has 1 aliphatic rings. The maximum absolute atomic E-state index is 13.9. The second kappa shape index (κ2) is 5.63. The van der Waals surface area contributed by atoms with Crippen molar-refractivity contribution < 1.29 is 18.3 Å². The van der Waals surface area contributed by atoms with Crippen LogP contribution >= 0.6 is 0 Å². The number of nitrogens with one attached hydrogen (secondary N) is 1. The predicted octanol–water partition coefficient (Wildman–Crippen LogP) is 1.79. The van der Waals surface area contributed by atoms with Crippen LogP contribution in [0.5, 0.6) is 0 Å². The number of rotatable bonds is 3. The van der Waals surface area contributed by atoms with Crippen LogP contribution in [0.15, 0.2) is 6.20 Å². The second-order valence-corrected chi connectivity index (χ2v) is 6.19. The van der Waals surface area contributed by atoms with Crippen LogP contribution in [0.3, 0.4) is 0 Å². The number of ether oxygens (including phenoxy) is 1. The SMILES string of the molecule is C[C@H](OC(C)(C)C)C1CNC(=O)[C@H]1c1nc(F)ncc1F. The first-order chi connectivity index (χ1) is 9.69. The molecule has 0 spiro atoms. The lowest BCUT2D eigenvalue weighted by Crippen LogP contribution is -2.34. The largest absolute Gasteiger partial charge is 0.373 e. The number of nitrogens with zero attached hydrogens (tertiary/aromatic N) is 2. The van der Waals surface area contributed by atoms with E-state index < -0.39 is 23.4 Å². The summed E-state index contributed by atoms with van der Waals surface area (Å²) in [6.07, 6.45) is -0.615. The summed E-state index contributed by atoms with van der Waals surface area (Å²) in [6.45, 7) is 7.85. The van der Waals surface area contributed by atoms with Crippen molar-refractivity contribution in [1.29, 1.82) is 0 Å². The Hall–Kier alpha value is -1.63. The molecule has 1 aromatic heterocycles. The molecule has 2 heterocycles. The van der Waals surface area contributed by atoms with E-state index in [1.54, 1.807) is 0 Å². The first kappa shape index (κ1) is 15.8. The molecule has 1 aromatic rings. The van der Waals surface area contributed by atoms with Gasteiger partial charge >= 0.3 is 6.08 Å². The first-order valence-corrected chi connectivity index (χ1v) is 6.82. The summed E-state index contributed by atoms with van der Waals surface area (Å²) < 4.78 is 32.9. The molecule has 7 heteroatoms. The van der Waals surface area contributed by atoms with Crippen molar-refractivity contribution in [2.75, 3.05) is 6.54 Å². The summed E-state index contributed by atoms with van der Waals surface area (Å²) in [5, 5.41) is 2.66. The molecule has 1 saturated heterocycles. The smallest absolute Gasteiger partial charge is 0.309 e. The van der Waals surface area contributed by atoms with Gasteiger partial charge in [0.1, 0.15) is 0 Å². The minimum atomic E-state index is -1.05. The fourth-order valence-electron chi connectivity index (χ4n) is 2.63. The van der Waals surface area contributed by atoms with Crippen molar-refractivity contribution in [2.24, 2.45) is 5.92 Å². The van der Waals surface area contributed by atoms with Crippen molar-refractivity contribution in [3.63, 3.8) is 0 Å². The Balaban J connectivity index is 2.31. The van der Waals surface area contributed by atoms with Crippen LogP contribution in [0.25, 0.3) is 0 Å². The molecule has 116 valence electrons. The Morgan fingerprint density at radius 3 is 2.71 bits per heavy atom. The Labute approximate surface area is 122 Å². The molecule has 1 aliphatic heterocycles. The van der Waals surface area contributed by atoms with E-state index in [0.29, 0.717) is 6.54 Å². The molecule has 2 rings (SSSR count). The van der Waals surface area contributed by atoms with Crippen LogP contribution < -0.4 is 5.32 Å². The predicted molar refractivity (Wildman–Crippen MR) is 71.5 cm³/mol. The van der Waals surface area contributed by atoms with Crippen LogP contribution in [0.4, 0.5) is 8.78 Å². The number of carbonyl (C=O) groups excluding carboxylic acids is 1. The van der Waals surface area contributed by atoms with Crippen LogP contribution in [-0.4, -0.2) is 34.1 Å². The van der Waals surface area contributed by atoms with Gasteiger partial charge in [0.05, 0.1) is 29.5 Å². The molecule has 1 fully saturated rings. The molecule has 0 bridgehead atoms. The number of carbonyl (C=O) groups is 1. The molecule has 3 atom stereocenters. The van der Waals surface area contributed by atoms with Gasteiger partial charge in [0.2, 0.25) is 5.91 Å². The Bertz CT molecular complexity index is 546. The number of hydrogen-bond donors (Lipinski definition) is 1. The van der Waals surface area contributed by atoms with E-state index in [2.05, 4.69) is 15.3 Å². The fourth-order valence-corrected chi connectivity index (χ4v) is 2.63. The molecule has 0 radical (unpaired) electrons.